The average molecular weight is 448 g/mol. The molecule has 4 rings (SSSR count). The summed E-state index contributed by atoms with van der Waals surface area (Å²) >= 11 is 0. The van der Waals surface area contributed by atoms with Gasteiger partial charge in [-0.1, -0.05) is 12.1 Å². The second-order valence-electron chi connectivity index (χ2n) is 7.92. The van der Waals surface area contributed by atoms with Crippen LogP contribution in [-0.4, -0.2) is 32.1 Å². The predicted octanol–water partition coefficient (Wildman–Crippen LogP) is 4.77. The van der Waals surface area contributed by atoms with Crippen molar-refractivity contribution in [1.82, 2.24) is 0 Å². The van der Waals surface area contributed by atoms with Gasteiger partial charge in [0.2, 0.25) is 5.91 Å². The van der Waals surface area contributed by atoms with Crippen LogP contribution >= 0.6 is 0 Å². The third kappa shape index (κ3) is 5.04. The van der Waals surface area contributed by atoms with Crippen molar-refractivity contribution in [2.45, 2.75) is 18.3 Å². The van der Waals surface area contributed by atoms with E-state index in [0.717, 1.165) is 5.56 Å². The van der Waals surface area contributed by atoms with Crippen molar-refractivity contribution in [1.29, 1.82) is 0 Å². The first-order chi connectivity index (χ1) is 16.0. The molecule has 0 unspecified atom stereocenters. The number of methoxy groups -OCH3 is 1. The third-order valence-corrected chi connectivity index (χ3v) is 5.93. The molecule has 0 spiro atoms. The zero-order chi connectivity index (χ0) is 23.3. The number of nitrogens with one attached hydrogen (secondary N) is 2. The first kappa shape index (κ1) is 22.5. The molecule has 0 aliphatic carbocycles. The maximum absolute atomic E-state index is 13.4. The maximum atomic E-state index is 13.4. The Kier molecular flexibility index (Phi) is 6.70. The molecule has 0 saturated carbocycles. The number of carbonyl (C=O) groups is 2. The summed E-state index contributed by atoms with van der Waals surface area (Å²) in [5, 5.41) is 5.79. The van der Waals surface area contributed by atoms with Crippen molar-refractivity contribution in [3.05, 3.63) is 89.7 Å². The zero-order valence-electron chi connectivity index (χ0n) is 18.3. The molecule has 1 fully saturated rings. The fraction of sp³-hybridized carbons (Fsp3) is 0.231. The van der Waals surface area contributed by atoms with E-state index in [0.29, 0.717) is 48.7 Å². The molecular weight excluding hydrogens is 423 g/mol. The monoisotopic (exact) mass is 448 g/mol. The molecule has 3 aromatic carbocycles. The molecule has 33 heavy (non-hydrogen) atoms. The van der Waals surface area contributed by atoms with Crippen molar-refractivity contribution >= 4 is 23.2 Å². The van der Waals surface area contributed by atoms with Crippen LogP contribution < -0.4 is 15.4 Å². The van der Waals surface area contributed by atoms with E-state index in [4.69, 9.17) is 9.47 Å². The summed E-state index contributed by atoms with van der Waals surface area (Å²) in [5.74, 6) is -0.0704. The van der Waals surface area contributed by atoms with E-state index in [1.54, 1.807) is 67.8 Å². The molecule has 2 N–H and O–H groups in total. The van der Waals surface area contributed by atoms with Crippen LogP contribution in [0.25, 0.3) is 0 Å². The molecule has 1 aliphatic heterocycles. The van der Waals surface area contributed by atoms with Crippen LogP contribution in [0.2, 0.25) is 0 Å². The fourth-order valence-electron chi connectivity index (χ4n) is 3.97. The molecule has 7 heteroatoms. The number of hydrogen-bond acceptors (Lipinski definition) is 4. The maximum Gasteiger partial charge on any atom is 0.255 e. The van der Waals surface area contributed by atoms with Crippen LogP contribution in [0.3, 0.4) is 0 Å². The van der Waals surface area contributed by atoms with Gasteiger partial charge in [-0.2, -0.15) is 0 Å². The van der Waals surface area contributed by atoms with E-state index in [1.165, 1.54) is 12.1 Å². The molecule has 0 aromatic heterocycles. The van der Waals surface area contributed by atoms with E-state index in [2.05, 4.69) is 10.6 Å². The lowest BCUT2D eigenvalue weighted by Gasteiger charge is -2.36. The first-order valence-electron chi connectivity index (χ1n) is 10.7. The van der Waals surface area contributed by atoms with Gasteiger partial charge >= 0.3 is 0 Å². The Morgan fingerprint density at radius 1 is 0.848 bits per heavy atom. The summed E-state index contributed by atoms with van der Waals surface area (Å²) in [6.45, 7) is 0.907. The van der Waals surface area contributed by atoms with E-state index in [-0.39, 0.29) is 17.6 Å². The van der Waals surface area contributed by atoms with Gasteiger partial charge in [0.15, 0.2) is 0 Å². The zero-order valence-corrected chi connectivity index (χ0v) is 18.3. The number of amides is 2. The number of ether oxygens (including phenoxy) is 2. The normalized spacial score (nSPS) is 14.8. The average Bonchev–Trinajstić information content (AvgIpc) is 2.85. The summed E-state index contributed by atoms with van der Waals surface area (Å²) in [6, 6.07) is 19.8. The van der Waals surface area contributed by atoms with Crippen molar-refractivity contribution in [3.63, 3.8) is 0 Å². The van der Waals surface area contributed by atoms with Crippen LogP contribution in [0.5, 0.6) is 5.75 Å². The summed E-state index contributed by atoms with van der Waals surface area (Å²) in [4.78, 5) is 25.9. The van der Waals surface area contributed by atoms with Crippen molar-refractivity contribution in [2.75, 3.05) is 31.0 Å². The Bertz CT molecular complexity index is 1110. The molecule has 6 nitrogen and oxygen atoms in total. The van der Waals surface area contributed by atoms with Gasteiger partial charge in [-0.15, -0.1) is 0 Å². The van der Waals surface area contributed by atoms with Crippen LogP contribution in [-0.2, 0) is 14.9 Å². The Hall–Kier alpha value is -3.71. The molecular formula is C26H25FN2O4. The van der Waals surface area contributed by atoms with Gasteiger partial charge in [0, 0.05) is 30.2 Å². The number of hydrogen-bond donors (Lipinski definition) is 2. The van der Waals surface area contributed by atoms with E-state index < -0.39 is 5.41 Å². The summed E-state index contributed by atoms with van der Waals surface area (Å²) in [7, 11) is 1.58. The standard InChI is InChI=1S/C26H25FN2O4/c1-32-23-12-10-21(11-13-23)28-24(30)18-2-8-22(9-3-18)29-25(31)26(14-16-33-17-15-26)19-4-6-20(27)7-5-19/h2-13H,14-17H2,1H3,(H,28,30)(H,29,31). The number of carbonyl (C=O) groups excluding carboxylic acids is 2. The Balaban J connectivity index is 1.46. The van der Waals surface area contributed by atoms with Gasteiger partial charge < -0.3 is 20.1 Å². The molecule has 0 bridgehead atoms. The second-order valence-corrected chi connectivity index (χ2v) is 7.92. The van der Waals surface area contributed by atoms with E-state index in [1.807, 2.05) is 0 Å². The van der Waals surface area contributed by atoms with Gasteiger partial charge in [0.1, 0.15) is 11.6 Å². The molecule has 3 aromatic rings. The smallest absolute Gasteiger partial charge is 0.255 e. The lowest BCUT2D eigenvalue weighted by molar-refractivity contribution is -0.125. The Labute approximate surface area is 191 Å². The van der Waals surface area contributed by atoms with Gasteiger partial charge in [0.25, 0.3) is 5.91 Å². The van der Waals surface area contributed by atoms with Gasteiger partial charge in [-0.25, -0.2) is 4.39 Å². The SMILES string of the molecule is COc1ccc(NC(=O)c2ccc(NC(=O)C3(c4ccc(F)cc4)CCOCC3)cc2)cc1. The van der Waals surface area contributed by atoms with Gasteiger partial charge in [0.05, 0.1) is 12.5 Å². The highest BCUT2D eigenvalue weighted by Gasteiger charge is 2.41. The fourth-order valence-corrected chi connectivity index (χ4v) is 3.97. The quantitative estimate of drug-likeness (QED) is 0.569. The van der Waals surface area contributed by atoms with Crippen LogP contribution in [0.4, 0.5) is 15.8 Å². The van der Waals surface area contributed by atoms with Gasteiger partial charge in [-0.05, 0) is 79.1 Å². The van der Waals surface area contributed by atoms with Gasteiger partial charge in [-0.3, -0.25) is 9.59 Å². The predicted molar refractivity (Wildman–Crippen MR) is 124 cm³/mol. The summed E-state index contributed by atoms with van der Waals surface area (Å²) in [5.41, 5.74) is 1.66. The van der Waals surface area contributed by atoms with Crippen LogP contribution in [0.1, 0.15) is 28.8 Å². The van der Waals surface area contributed by atoms with E-state index in [9.17, 15) is 14.0 Å². The molecule has 1 aliphatic rings. The van der Waals surface area contributed by atoms with Crippen molar-refractivity contribution in [3.8, 4) is 5.75 Å². The molecule has 1 saturated heterocycles. The molecule has 0 radical (unpaired) electrons. The lowest BCUT2D eigenvalue weighted by atomic mass is 9.73. The molecule has 170 valence electrons. The number of benzene rings is 3. The Morgan fingerprint density at radius 3 is 2.03 bits per heavy atom. The highest BCUT2D eigenvalue weighted by molar-refractivity contribution is 6.05. The van der Waals surface area contributed by atoms with Crippen molar-refractivity contribution < 1.29 is 23.5 Å². The number of halogens is 1. The number of rotatable bonds is 6. The molecule has 0 atom stereocenters. The lowest BCUT2D eigenvalue weighted by Crippen LogP contribution is -2.44. The highest BCUT2D eigenvalue weighted by atomic mass is 19.1. The largest absolute Gasteiger partial charge is 0.497 e. The first-order valence-corrected chi connectivity index (χ1v) is 10.7. The molecule has 2 amide bonds. The number of anilines is 2. The third-order valence-electron chi connectivity index (χ3n) is 5.93. The van der Waals surface area contributed by atoms with Crippen LogP contribution in [0, 0.1) is 5.82 Å². The highest BCUT2D eigenvalue weighted by Crippen LogP contribution is 2.36. The summed E-state index contributed by atoms with van der Waals surface area (Å²) < 4.78 is 24.0. The second kappa shape index (κ2) is 9.83. The molecule has 1 heterocycles. The minimum atomic E-state index is -0.795. The minimum Gasteiger partial charge on any atom is -0.497 e. The van der Waals surface area contributed by atoms with Crippen molar-refractivity contribution in [2.24, 2.45) is 0 Å². The van der Waals surface area contributed by atoms with Crippen LogP contribution in [0.15, 0.2) is 72.8 Å². The topological polar surface area (TPSA) is 76.7 Å². The summed E-state index contributed by atoms with van der Waals surface area (Å²) in [6.07, 6.45) is 1.01. The minimum absolute atomic E-state index is 0.173. The van der Waals surface area contributed by atoms with E-state index >= 15 is 0 Å². The Morgan fingerprint density at radius 2 is 1.42 bits per heavy atom.